The van der Waals surface area contributed by atoms with Gasteiger partial charge in [0.1, 0.15) is 5.60 Å². The zero-order valence-corrected chi connectivity index (χ0v) is 7.85. The van der Waals surface area contributed by atoms with Crippen LogP contribution >= 0.6 is 0 Å². The summed E-state index contributed by atoms with van der Waals surface area (Å²) in [6.45, 7) is 6.34. The maximum absolute atomic E-state index is 9.91. The van der Waals surface area contributed by atoms with Crippen LogP contribution < -0.4 is 5.73 Å². The van der Waals surface area contributed by atoms with Crippen molar-refractivity contribution in [1.82, 2.24) is 0 Å². The van der Waals surface area contributed by atoms with Crippen LogP contribution in [0.2, 0.25) is 0 Å². The van der Waals surface area contributed by atoms with Gasteiger partial charge in [-0.3, -0.25) is 0 Å². The first kappa shape index (κ1) is 10.9. The Morgan fingerprint density at radius 2 is 1.82 bits per heavy atom. The highest BCUT2D eigenvalue weighted by atomic mass is 16.5. The molecular weight excluding hydrogens is 142 g/mol. The summed E-state index contributed by atoms with van der Waals surface area (Å²) in [6.07, 6.45) is 0. The summed E-state index contributed by atoms with van der Waals surface area (Å²) in [7, 11) is 1.56. The highest BCUT2D eigenvalue weighted by molar-refractivity contribution is 4.91. The Hall–Kier alpha value is -0.120. The van der Waals surface area contributed by atoms with E-state index in [0.29, 0.717) is 0 Å². The van der Waals surface area contributed by atoms with Crippen LogP contribution in [0.1, 0.15) is 20.8 Å². The summed E-state index contributed by atoms with van der Waals surface area (Å²) in [4.78, 5) is 0. The van der Waals surface area contributed by atoms with Gasteiger partial charge in [-0.25, -0.2) is 0 Å². The van der Waals surface area contributed by atoms with Gasteiger partial charge in [0, 0.05) is 13.7 Å². The van der Waals surface area contributed by atoms with Gasteiger partial charge in [-0.05, 0) is 5.41 Å². The molecule has 0 heterocycles. The third kappa shape index (κ3) is 2.43. The van der Waals surface area contributed by atoms with E-state index in [1.807, 2.05) is 20.8 Å². The van der Waals surface area contributed by atoms with Crippen molar-refractivity contribution in [3.63, 3.8) is 0 Å². The molecule has 0 aliphatic heterocycles. The van der Waals surface area contributed by atoms with E-state index in [0.717, 1.165) is 0 Å². The minimum absolute atomic E-state index is 0.227. The second-order valence-electron chi connectivity index (χ2n) is 3.92. The predicted octanol–water partition coefficient (Wildman–Crippen LogP) is 0.369. The monoisotopic (exact) mass is 161 g/mol. The number of aliphatic hydroxyl groups is 1. The molecule has 0 aromatic rings. The van der Waals surface area contributed by atoms with Gasteiger partial charge < -0.3 is 15.6 Å². The molecule has 0 aromatic heterocycles. The van der Waals surface area contributed by atoms with Crippen molar-refractivity contribution in [2.24, 2.45) is 11.1 Å². The van der Waals surface area contributed by atoms with E-state index in [1.165, 1.54) is 0 Å². The minimum atomic E-state index is -0.915. The molecule has 0 saturated carbocycles. The quantitative estimate of drug-likeness (QED) is 0.628. The molecular formula is C8H19NO2. The van der Waals surface area contributed by atoms with E-state index in [4.69, 9.17) is 10.5 Å². The molecule has 0 aromatic carbocycles. The fraction of sp³-hybridized carbons (Fsp3) is 1.00. The molecule has 0 aliphatic rings. The molecule has 0 fully saturated rings. The summed E-state index contributed by atoms with van der Waals surface area (Å²) in [6, 6.07) is 0. The van der Waals surface area contributed by atoms with Crippen LogP contribution in [0.4, 0.5) is 0 Å². The number of hydrogen-bond acceptors (Lipinski definition) is 3. The molecule has 0 amide bonds. The summed E-state index contributed by atoms with van der Waals surface area (Å²) in [5.74, 6) is 0. The van der Waals surface area contributed by atoms with Crippen LogP contribution in [-0.4, -0.2) is 31.0 Å². The Kier molecular flexibility index (Phi) is 3.48. The normalized spacial score (nSPS) is 18.0. The van der Waals surface area contributed by atoms with Gasteiger partial charge in [0.15, 0.2) is 0 Å². The summed E-state index contributed by atoms with van der Waals surface area (Å²) >= 11 is 0. The van der Waals surface area contributed by atoms with Crippen LogP contribution in [0.25, 0.3) is 0 Å². The first-order valence-corrected chi connectivity index (χ1v) is 3.79. The summed E-state index contributed by atoms with van der Waals surface area (Å²) in [5, 5.41) is 9.91. The average molecular weight is 161 g/mol. The molecule has 0 saturated heterocycles. The van der Waals surface area contributed by atoms with E-state index >= 15 is 0 Å². The highest BCUT2D eigenvalue weighted by Crippen LogP contribution is 2.29. The lowest BCUT2D eigenvalue weighted by Gasteiger charge is -2.38. The van der Waals surface area contributed by atoms with Crippen LogP contribution in [-0.2, 0) is 4.74 Å². The molecule has 0 radical (unpaired) electrons. The molecule has 0 aliphatic carbocycles. The third-order valence-electron chi connectivity index (χ3n) is 2.12. The molecule has 0 bridgehead atoms. The molecule has 1 unspecified atom stereocenters. The van der Waals surface area contributed by atoms with E-state index in [2.05, 4.69) is 0 Å². The van der Waals surface area contributed by atoms with Gasteiger partial charge in [-0.15, -0.1) is 0 Å². The molecule has 68 valence electrons. The predicted molar refractivity (Wildman–Crippen MR) is 45.3 cm³/mol. The lowest BCUT2D eigenvalue weighted by Crippen LogP contribution is -2.52. The number of ether oxygens (including phenoxy) is 1. The number of nitrogens with two attached hydrogens (primary N) is 1. The van der Waals surface area contributed by atoms with E-state index in [-0.39, 0.29) is 18.6 Å². The second kappa shape index (κ2) is 3.52. The molecule has 11 heavy (non-hydrogen) atoms. The van der Waals surface area contributed by atoms with Gasteiger partial charge in [-0.2, -0.15) is 0 Å². The third-order valence-corrected chi connectivity index (χ3v) is 2.12. The average Bonchev–Trinajstić information content (AvgIpc) is 1.86. The maximum Gasteiger partial charge on any atom is 0.105 e. The van der Waals surface area contributed by atoms with E-state index < -0.39 is 5.60 Å². The van der Waals surface area contributed by atoms with Gasteiger partial charge in [0.05, 0.1) is 6.61 Å². The van der Waals surface area contributed by atoms with Crippen LogP contribution in [0.15, 0.2) is 0 Å². The Balaban J connectivity index is 4.33. The highest BCUT2D eigenvalue weighted by Gasteiger charge is 2.38. The molecule has 0 rings (SSSR count). The molecule has 0 spiro atoms. The Morgan fingerprint density at radius 3 is 1.91 bits per heavy atom. The largest absolute Gasteiger partial charge is 0.386 e. The van der Waals surface area contributed by atoms with Crippen molar-refractivity contribution in [1.29, 1.82) is 0 Å². The molecule has 1 atom stereocenters. The van der Waals surface area contributed by atoms with E-state index in [9.17, 15) is 5.11 Å². The van der Waals surface area contributed by atoms with Crippen LogP contribution in [0.5, 0.6) is 0 Å². The van der Waals surface area contributed by atoms with Crippen LogP contribution in [0, 0.1) is 5.41 Å². The van der Waals surface area contributed by atoms with E-state index in [1.54, 1.807) is 7.11 Å². The fourth-order valence-electron chi connectivity index (χ4n) is 0.820. The van der Waals surface area contributed by atoms with Gasteiger partial charge in [-0.1, -0.05) is 20.8 Å². The second-order valence-corrected chi connectivity index (χ2v) is 3.92. The molecule has 3 N–H and O–H groups in total. The first-order valence-electron chi connectivity index (χ1n) is 3.79. The summed E-state index contributed by atoms with van der Waals surface area (Å²) < 4.78 is 4.89. The fourth-order valence-corrected chi connectivity index (χ4v) is 0.820. The topological polar surface area (TPSA) is 55.5 Å². The Morgan fingerprint density at radius 1 is 1.36 bits per heavy atom. The van der Waals surface area contributed by atoms with Crippen molar-refractivity contribution in [3.8, 4) is 0 Å². The number of rotatable bonds is 3. The summed E-state index contributed by atoms with van der Waals surface area (Å²) in [5.41, 5.74) is 4.30. The standard InChI is InChI=1S/C8H19NO2/c1-7(2,3)8(10,5-9)6-11-4/h10H,5-6,9H2,1-4H3. The van der Waals surface area contributed by atoms with Gasteiger partial charge in [0.25, 0.3) is 0 Å². The lowest BCUT2D eigenvalue weighted by molar-refractivity contribution is -0.0970. The zero-order valence-electron chi connectivity index (χ0n) is 7.85. The van der Waals surface area contributed by atoms with Crippen LogP contribution in [0.3, 0.4) is 0 Å². The zero-order chi connectivity index (χ0) is 9.12. The number of hydrogen-bond donors (Lipinski definition) is 2. The van der Waals surface area contributed by atoms with Gasteiger partial charge in [0.2, 0.25) is 0 Å². The Labute approximate surface area is 68.5 Å². The smallest absolute Gasteiger partial charge is 0.105 e. The number of methoxy groups -OCH3 is 1. The van der Waals surface area contributed by atoms with Crippen molar-refractivity contribution in [3.05, 3.63) is 0 Å². The van der Waals surface area contributed by atoms with Crippen molar-refractivity contribution in [2.75, 3.05) is 20.3 Å². The van der Waals surface area contributed by atoms with Crippen molar-refractivity contribution >= 4 is 0 Å². The Bertz CT molecular complexity index is 120. The first-order chi connectivity index (χ1) is 4.87. The maximum atomic E-state index is 9.91. The van der Waals surface area contributed by atoms with Crippen molar-refractivity contribution in [2.45, 2.75) is 26.4 Å². The minimum Gasteiger partial charge on any atom is -0.386 e. The lowest BCUT2D eigenvalue weighted by atomic mass is 9.77. The van der Waals surface area contributed by atoms with Crippen molar-refractivity contribution < 1.29 is 9.84 Å². The molecule has 3 nitrogen and oxygen atoms in total. The SMILES string of the molecule is COCC(O)(CN)C(C)(C)C. The molecule has 3 heteroatoms. The van der Waals surface area contributed by atoms with Gasteiger partial charge >= 0.3 is 0 Å².